The number of rotatable bonds is 8. The number of halogens is 9. The van der Waals surface area contributed by atoms with Gasteiger partial charge in [0.25, 0.3) is 5.91 Å². The molecule has 0 spiro atoms. The molecule has 0 radical (unpaired) electrons. The monoisotopic (exact) mass is 655 g/mol. The van der Waals surface area contributed by atoms with E-state index in [0.29, 0.717) is 37.3 Å². The largest absolute Gasteiger partial charge is 0.494 e. The number of carbonyl (C=O) groups is 1. The summed E-state index contributed by atoms with van der Waals surface area (Å²) in [6, 6.07) is 8.28. The van der Waals surface area contributed by atoms with E-state index in [-0.39, 0.29) is 49.6 Å². The summed E-state index contributed by atoms with van der Waals surface area (Å²) in [6.45, 7) is 1.45. The lowest BCUT2D eigenvalue weighted by atomic mass is 9.98. The Balaban J connectivity index is 0.00000323. The molecule has 0 unspecified atom stereocenters. The van der Waals surface area contributed by atoms with Crippen molar-refractivity contribution >= 4 is 30.7 Å². The van der Waals surface area contributed by atoms with Gasteiger partial charge in [-0.1, -0.05) is 12.1 Å². The van der Waals surface area contributed by atoms with Crippen LogP contribution in [0, 0.1) is 5.82 Å². The predicted octanol–water partition coefficient (Wildman–Crippen LogP) is 7.11. The fraction of sp³-hybridized carbons (Fsp3) is 0.379. The number of pyridine rings is 1. The van der Waals surface area contributed by atoms with Crippen molar-refractivity contribution in [2.45, 2.75) is 37.7 Å². The van der Waals surface area contributed by atoms with E-state index in [4.69, 9.17) is 4.74 Å². The van der Waals surface area contributed by atoms with Crippen LogP contribution in [0.5, 0.6) is 5.75 Å². The van der Waals surface area contributed by atoms with E-state index in [9.17, 15) is 35.5 Å². The van der Waals surface area contributed by atoms with Crippen LogP contribution >= 0.6 is 24.8 Å². The Morgan fingerprint density at radius 3 is 2.21 bits per heavy atom. The molecule has 1 amide bonds. The van der Waals surface area contributed by atoms with E-state index in [2.05, 4.69) is 9.88 Å². The molecule has 4 rings (SSSR count). The smallest absolute Gasteiger partial charge is 0.416 e. The van der Waals surface area contributed by atoms with E-state index in [1.54, 1.807) is 12.4 Å². The minimum Gasteiger partial charge on any atom is -0.494 e. The lowest BCUT2D eigenvalue weighted by molar-refractivity contribution is -0.143. The minimum atomic E-state index is -5.08. The Morgan fingerprint density at radius 2 is 1.63 bits per heavy atom. The number of hydrogen-bond donors (Lipinski definition) is 0. The zero-order valence-electron chi connectivity index (χ0n) is 22.9. The quantitative estimate of drug-likeness (QED) is 0.243. The fourth-order valence-electron chi connectivity index (χ4n) is 4.97. The van der Waals surface area contributed by atoms with Crippen molar-refractivity contribution in [2.75, 3.05) is 33.3 Å². The zero-order chi connectivity index (χ0) is 29.8. The molecule has 5 nitrogen and oxygen atoms in total. The average molecular weight is 656 g/mol. The minimum absolute atomic E-state index is 0. The van der Waals surface area contributed by atoms with Crippen molar-refractivity contribution in [1.29, 1.82) is 0 Å². The molecule has 0 saturated carbocycles. The standard InChI is InChI=1S/C29H28F7N3O2.2ClH/c1-41-26-13-20(6-7-25(26)30)12-24-18-38(9-3-5-19-4-2-8-37-17-19)10-11-39(24)27(40)21-14-22(28(31,32)33)16-23(15-21)29(34,35)36;;/h2,4,6-8,13-17,24H,3,5,9-12,18H2,1H3;2*1H/t24-;;/m1../s1. The lowest BCUT2D eigenvalue weighted by Crippen LogP contribution is -2.56. The van der Waals surface area contributed by atoms with Crippen LogP contribution in [0.4, 0.5) is 30.7 Å². The molecule has 0 N–H and O–H groups in total. The third-order valence-corrected chi connectivity index (χ3v) is 7.01. The molecule has 0 aliphatic carbocycles. The second-order valence-corrected chi connectivity index (χ2v) is 9.89. The van der Waals surface area contributed by atoms with Crippen LogP contribution in [0.2, 0.25) is 0 Å². The van der Waals surface area contributed by atoms with E-state index >= 15 is 0 Å². The molecule has 1 saturated heterocycles. The third-order valence-electron chi connectivity index (χ3n) is 7.01. The average Bonchev–Trinajstić information content (AvgIpc) is 2.93. The van der Waals surface area contributed by atoms with Gasteiger partial charge >= 0.3 is 12.4 Å². The van der Waals surface area contributed by atoms with Gasteiger partial charge in [-0.3, -0.25) is 14.7 Å². The summed E-state index contributed by atoms with van der Waals surface area (Å²) in [5, 5.41) is 0. The van der Waals surface area contributed by atoms with Gasteiger partial charge in [0.05, 0.1) is 18.2 Å². The number of nitrogens with zero attached hydrogens (tertiary/aromatic N) is 3. The van der Waals surface area contributed by atoms with Crippen LogP contribution in [0.25, 0.3) is 0 Å². The number of methoxy groups -OCH3 is 1. The maximum atomic E-state index is 14.0. The van der Waals surface area contributed by atoms with Gasteiger partial charge in [0, 0.05) is 43.6 Å². The third kappa shape index (κ3) is 9.45. The predicted molar refractivity (Wildman–Crippen MR) is 151 cm³/mol. The van der Waals surface area contributed by atoms with Crippen molar-refractivity contribution in [1.82, 2.24) is 14.8 Å². The van der Waals surface area contributed by atoms with Gasteiger partial charge in [-0.15, -0.1) is 24.8 Å². The van der Waals surface area contributed by atoms with Crippen molar-refractivity contribution < 1.29 is 40.3 Å². The number of alkyl halides is 6. The summed E-state index contributed by atoms with van der Waals surface area (Å²) in [4.78, 5) is 21.0. The molecule has 3 aromatic rings. The van der Waals surface area contributed by atoms with Crippen molar-refractivity contribution in [3.05, 3.63) is 94.6 Å². The number of aryl methyl sites for hydroxylation is 1. The maximum Gasteiger partial charge on any atom is 0.416 e. The second kappa shape index (κ2) is 15.1. The van der Waals surface area contributed by atoms with Crippen LogP contribution in [0.15, 0.2) is 60.9 Å². The molecule has 14 heteroatoms. The number of hydrogen-bond acceptors (Lipinski definition) is 4. The molecular weight excluding hydrogens is 626 g/mol. The summed E-state index contributed by atoms with van der Waals surface area (Å²) in [6.07, 6.45) is -4.98. The highest BCUT2D eigenvalue weighted by molar-refractivity contribution is 5.95. The SMILES string of the molecule is COc1cc(C[C@@H]2CN(CCCc3cccnc3)CCN2C(=O)c2cc(C(F)(F)F)cc(C(F)(F)F)c2)ccc1F.Cl.Cl. The lowest BCUT2D eigenvalue weighted by Gasteiger charge is -2.42. The van der Waals surface area contributed by atoms with Gasteiger partial charge in [-0.2, -0.15) is 26.3 Å². The first-order valence-electron chi connectivity index (χ1n) is 12.9. The van der Waals surface area contributed by atoms with Gasteiger partial charge in [0.2, 0.25) is 0 Å². The van der Waals surface area contributed by atoms with Gasteiger partial charge in [-0.25, -0.2) is 4.39 Å². The van der Waals surface area contributed by atoms with Crippen LogP contribution in [-0.4, -0.2) is 60.0 Å². The summed E-state index contributed by atoms with van der Waals surface area (Å²) < 4.78 is 99.8. The van der Waals surface area contributed by atoms with Crippen LogP contribution in [0.3, 0.4) is 0 Å². The molecule has 1 aliphatic heterocycles. The molecule has 1 fully saturated rings. The zero-order valence-corrected chi connectivity index (χ0v) is 24.6. The normalized spacial score (nSPS) is 15.8. The number of amides is 1. The first-order valence-corrected chi connectivity index (χ1v) is 12.9. The Bertz CT molecular complexity index is 1330. The van der Waals surface area contributed by atoms with E-state index < -0.39 is 46.8 Å². The molecule has 2 aromatic carbocycles. The Kier molecular flexibility index (Phi) is 12.7. The summed E-state index contributed by atoms with van der Waals surface area (Å²) in [5.41, 5.74) is -2.14. The first-order chi connectivity index (χ1) is 19.3. The van der Waals surface area contributed by atoms with E-state index in [1.807, 2.05) is 12.1 Å². The van der Waals surface area contributed by atoms with E-state index in [1.165, 1.54) is 30.2 Å². The maximum absolute atomic E-state index is 14.0. The van der Waals surface area contributed by atoms with E-state index in [0.717, 1.165) is 18.4 Å². The number of piperazine rings is 1. The highest BCUT2D eigenvalue weighted by atomic mass is 35.5. The molecule has 1 atom stereocenters. The van der Waals surface area contributed by atoms with Crippen molar-refractivity contribution in [3.8, 4) is 5.75 Å². The molecule has 43 heavy (non-hydrogen) atoms. The molecule has 0 bridgehead atoms. The number of carbonyl (C=O) groups excluding carboxylic acids is 1. The second-order valence-electron chi connectivity index (χ2n) is 9.89. The summed E-state index contributed by atoms with van der Waals surface area (Å²) >= 11 is 0. The molecule has 236 valence electrons. The summed E-state index contributed by atoms with van der Waals surface area (Å²) in [7, 11) is 1.30. The van der Waals surface area contributed by atoms with Gasteiger partial charge in [0.1, 0.15) is 0 Å². The Labute approximate surface area is 256 Å². The van der Waals surface area contributed by atoms with Gasteiger partial charge in [-0.05, 0) is 73.3 Å². The van der Waals surface area contributed by atoms with Crippen LogP contribution < -0.4 is 4.74 Å². The highest BCUT2D eigenvalue weighted by Crippen LogP contribution is 2.37. The van der Waals surface area contributed by atoms with Crippen LogP contribution in [-0.2, 0) is 25.2 Å². The van der Waals surface area contributed by atoms with Gasteiger partial charge in [0.15, 0.2) is 11.6 Å². The molecular formula is C29H30Cl2F7N3O2. The Hall–Kier alpha value is -3.09. The number of aromatic nitrogens is 1. The fourth-order valence-corrected chi connectivity index (χ4v) is 4.97. The Morgan fingerprint density at radius 1 is 0.953 bits per heavy atom. The van der Waals surface area contributed by atoms with Crippen molar-refractivity contribution in [3.63, 3.8) is 0 Å². The molecule has 1 aromatic heterocycles. The van der Waals surface area contributed by atoms with Crippen molar-refractivity contribution in [2.24, 2.45) is 0 Å². The first kappa shape index (κ1) is 36.1. The highest BCUT2D eigenvalue weighted by Gasteiger charge is 2.39. The number of benzene rings is 2. The summed E-state index contributed by atoms with van der Waals surface area (Å²) in [5.74, 6) is -1.54. The van der Waals surface area contributed by atoms with Gasteiger partial charge < -0.3 is 9.64 Å². The number of ether oxygens (including phenoxy) is 1. The topological polar surface area (TPSA) is 45.7 Å². The molecule has 2 heterocycles. The molecule has 1 aliphatic rings. The van der Waals surface area contributed by atoms with Crippen LogP contribution in [0.1, 0.15) is 39.0 Å².